The fourth-order valence-corrected chi connectivity index (χ4v) is 3.11. The molecule has 3 N–H and O–H groups in total. The highest BCUT2D eigenvalue weighted by Gasteiger charge is 2.26. The van der Waals surface area contributed by atoms with E-state index >= 15 is 0 Å². The second-order valence-corrected chi connectivity index (χ2v) is 5.81. The van der Waals surface area contributed by atoms with Crippen molar-refractivity contribution in [2.75, 3.05) is 20.1 Å². The average molecular weight is 235 g/mol. The van der Waals surface area contributed by atoms with Crippen LogP contribution >= 0.6 is 0 Å². The summed E-state index contributed by atoms with van der Waals surface area (Å²) in [6, 6.07) is 0.161. The summed E-state index contributed by atoms with van der Waals surface area (Å²) in [7, 11) is -1.67. The zero-order chi connectivity index (χ0) is 11.3. The summed E-state index contributed by atoms with van der Waals surface area (Å²) in [4.78, 5) is 0. The lowest BCUT2D eigenvalue weighted by molar-refractivity contribution is 0.283. The average Bonchev–Trinajstić information content (AvgIpc) is 2.26. The molecule has 1 fully saturated rings. The first-order valence-corrected chi connectivity index (χ1v) is 6.94. The summed E-state index contributed by atoms with van der Waals surface area (Å²) in [5.74, 6) is 0. The Morgan fingerprint density at radius 3 is 2.47 bits per heavy atom. The smallest absolute Gasteiger partial charge is 0.279 e. The van der Waals surface area contributed by atoms with E-state index in [1.54, 1.807) is 7.05 Å². The Kier molecular flexibility index (Phi) is 4.98. The molecule has 0 amide bonds. The normalized spacial score (nSPS) is 19.7. The first-order chi connectivity index (χ1) is 7.08. The lowest BCUT2D eigenvalue weighted by Gasteiger charge is -2.30. The number of rotatable bonds is 5. The van der Waals surface area contributed by atoms with Crippen molar-refractivity contribution < 1.29 is 8.42 Å². The number of nitrogens with one attached hydrogen (secondary N) is 1. The number of nitrogens with zero attached hydrogens (tertiary/aromatic N) is 1. The maximum atomic E-state index is 11.7. The zero-order valence-corrected chi connectivity index (χ0v) is 10.1. The number of hydrogen-bond acceptors (Lipinski definition) is 3. The molecule has 0 aromatic rings. The lowest BCUT2D eigenvalue weighted by Crippen LogP contribution is -2.46. The highest BCUT2D eigenvalue weighted by atomic mass is 32.2. The first kappa shape index (κ1) is 12.9. The third kappa shape index (κ3) is 3.71. The van der Waals surface area contributed by atoms with Gasteiger partial charge in [-0.3, -0.25) is 0 Å². The third-order valence-electron chi connectivity index (χ3n) is 2.90. The van der Waals surface area contributed by atoms with Gasteiger partial charge in [0.15, 0.2) is 0 Å². The van der Waals surface area contributed by atoms with Gasteiger partial charge >= 0.3 is 0 Å². The van der Waals surface area contributed by atoms with E-state index in [1.165, 1.54) is 10.7 Å². The second-order valence-electron chi connectivity index (χ2n) is 4.00. The van der Waals surface area contributed by atoms with Gasteiger partial charge in [0.2, 0.25) is 0 Å². The van der Waals surface area contributed by atoms with Crippen LogP contribution in [-0.2, 0) is 10.2 Å². The highest BCUT2D eigenvalue weighted by Crippen LogP contribution is 2.22. The van der Waals surface area contributed by atoms with Gasteiger partial charge in [0.25, 0.3) is 10.2 Å². The van der Waals surface area contributed by atoms with Crippen molar-refractivity contribution in [2.45, 2.75) is 38.1 Å². The number of hydrogen-bond donors (Lipinski definition) is 2. The lowest BCUT2D eigenvalue weighted by atomic mass is 9.96. The molecule has 1 rings (SSSR count). The Morgan fingerprint density at radius 1 is 1.33 bits per heavy atom. The van der Waals surface area contributed by atoms with Gasteiger partial charge in [-0.2, -0.15) is 12.7 Å². The van der Waals surface area contributed by atoms with Gasteiger partial charge in [-0.1, -0.05) is 19.3 Å². The van der Waals surface area contributed by atoms with Crippen LogP contribution in [0.2, 0.25) is 0 Å². The van der Waals surface area contributed by atoms with E-state index in [4.69, 9.17) is 5.73 Å². The fraction of sp³-hybridized carbons (Fsp3) is 1.00. The molecule has 1 saturated carbocycles. The Hall–Kier alpha value is -0.170. The Bertz CT molecular complexity index is 273. The summed E-state index contributed by atoms with van der Waals surface area (Å²) in [6.45, 7) is 0.636. The minimum atomic E-state index is -3.32. The Morgan fingerprint density at radius 2 is 1.93 bits per heavy atom. The Labute approximate surface area is 92.2 Å². The molecule has 0 unspecified atom stereocenters. The molecule has 0 aliphatic heterocycles. The minimum absolute atomic E-state index is 0.161. The summed E-state index contributed by atoms with van der Waals surface area (Å²) in [5, 5.41) is 0. The van der Waals surface area contributed by atoms with Crippen LogP contribution in [0.4, 0.5) is 0 Å². The molecule has 1 aliphatic carbocycles. The van der Waals surface area contributed by atoms with E-state index in [2.05, 4.69) is 4.72 Å². The topological polar surface area (TPSA) is 75.4 Å². The molecule has 6 heteroatoms. The molecule has 0 radical (unpaired) electrons. The summed E-state index contributed by atoms with van der Waals surface area (Å²) in [5.41, 5.74) is 5.27. The second kappa shape index (κ2) is 5.79. The van der Waals surface area contributed by atoms with Crippen LogP contribution in [0.3, 0.4) is 0 Å². The molecule has 0 heterocycles. The van der Waals surface area contributed by atoms with Crippen LogP contribution in [0.15, 0.2) is 0 Å². The van der Waals surface area contributed by atoms with Crippen LogP contribution in [-0.4, -0.2) is 38.9 Å². The van der Waals surface area contributed by atoms with E-state index in [0.717, 1.165) is 25.7 Å². The molecule has 15 heavy (non-hydrogen) atoms. The van der Waals surface area contributed by atoms with Crippen LogP contribution < -0.4 is 10.5 Å². The molecule has 90 valence electrons. The van der Waals surface area contributed by atoms with E-state index < -0.39 is 10.2 Å². The highest BCUT2D eigenvalue weighted by molar-refractivity contribution is 7.87. The third-order valence-corrected chi connectivity index (χ3v) is 4.52. The summed E-state index contributed by atoms with van der Waals surface area (Å²) < 4.78 is 27.4. The van der Waals surface area contributed by atoms with Gasteiger partial charge in [-0.05, 0) is 12.8 Å². The molecule has 0 aromatic heterocycles. The molecular formula is C9H21N3O2S. The van der Waals surface area contributed by atoms with Crippen molar-refractivity contribution in [1.82, 2.24) is 9.03 Å². The van der Waals surface area contributed by atoms with Gasteiger partial charge in [-0.15, -0.1) is 0 Å². The van der Waals surface area contributed by atoms with E-state index in [1.807, 2.05) is 0 Å². The van der Waals surface area contributed by atoms with Gasteiger partial charge in [0.1, 0.15) is 0 Å². The summed E-state index contributed by atoms with van der Waals surface area (Å²) >= 11 is 0. The van der Waals surface area contributed by atoms with E-state index in [9.17, 15) is 8.42 Å². The summed E-state index contributed by atoms with van der Waals surface area (Å²) in [6.07, 6.45) is 5.42. The molecule has 0 atom stereocenters. The van der Waals surface area contributed by atoms with Crippen LogP contribution in [0.1, 0.15) is 32.1 Å². The standard InChI is InChI=1S/C9H21N3O2S/c1-12(9-5-3-2-4-6-9)15(13,14)11-8-7-10/h9,11H,2-8,10H2,1H3. The van der Waals surface area contributed by atoms with Gasteiger partial charge < -0.3 is 5.73 Å². The molecule has 1 aliphatic rings. The largest absolute Gasteiger partial charge is 0.329 e. The predicted octanol–water partition coefficient (Wildman–Crippen LogP) is 0.0440. The maximum Gasteiger partial charge on any atom is 0.279 e. The fourth-order valence-electron chi connectivity index (χ4n) is 1.93. The first-order valence-electron chi connectivity index (χ1n) is 5.50. The monoisotopic (exact) mass is 235 g/mol. The van der Waals surface area contributed by atoms with Crippen molar-refractivity contribution in [3.63, 3.8) is 0 Å². The van der Waals surface area contributed by atoms with E-state index in [-0.39, 0.29) is 6.04 Å². The zero-order valence-electron chi connectivity index (χ0n) is 9.28. The minimum Gasteiger partial charge on any atom is -0.329 e. The van der Waals surface area contributed by atoms with Crippen molar-refractivity contribution in [2.24, 2.45) is 5.73 Å². The molecule has 0 aromatic carbocycles. The van der Waals surface area contributed by atoms with Crippen LogP contribution in [0.25, 0.3) is 0 Å². The predicted molar refractivity (Wildman–Crippen MR) is 60.6 cm³/mol. The van der Waals surface area contributed by atoms with Crippen molar-refractivity contribution >= 4 is 10.2 Å². The molecular weight excluding hydrogens is 214 g/mol. The van der Waals surface area contributed by atoms with Gasteiger partial charge in [0.05, 0.1) is 0 Å². The quantitative estimate of drug-likeness (QED) is 0.706. The molecule has 0 saturated heterocycles. The SMILES string of the molecule is CN(C1CCCCC1)S(=O)(=O)NCCN. The van der Waals surface area contributed by atoms with Crippen molar-refractivity contribution in [3.8, 4) is 0 Å². The maximum absolute atomic E-state index is 11.7. The molecule has 0 spiro atoms. The van der Waals surface area contributed by atoms with Crippen molar-refractivity contribution in [1.29, 1.82) is 0 Å². The number of nitrogens with two attached hydrogens (primary N) is 1. The van der Waals surface area contributed by atoms with Gasteiger partial charge in [-0.25, -0.2) is 4.72 Å². The van der Waals surface area contributed by atoms with Crippen LogP contribution in [0, 0.1) is 0 Å². The van der Waals surface area contributed by atoms with Crippen molar-refractivity contribution in [3.05, 3.63) is 0 Å². The van der Waals surface area contributed by atoms with Gasteiger partial charge in [0, 0.05) is 26.2 Å². The molecule has 5 nitrogen and oxygen atoms in total. The molecule has 0 bridgehead atoms. The van der Waals surface area contributed by atoms with Crippen LogP contribution in [0.5, 0.6) is 0 Å². The Balaban J connectivity index is 2.53. The van der Waals surface area contributed by atoms with E-state index in [0.29, 0.717) is 13.1 Å².